The van der Waals surface area contributed by atoms with E-state index in [-0.39, 0.29) is 18.3 Å². The summed E-state index contributed by atoms with van der Waals surface area (Å²) < 4.78 is 14.2. The Bertz CT molecular complexity index is 582. The largest absolute Gasteiger partial charge is 0.397 e. The number of rotatable bonds is 3. The molecule has 2 aromatic rings. The summed E-state index contributed by atoms with van der Waals surface area (Å²) in [6, 6.07) is 6.09. The Balaban J connectivity index is 2.03. The van der Waals surface area contributed by atoms with Gasteiger partial charge in [-0.15, -0.1) is 0 Å². The number of H-pyrrole nitrogens is 1. The minimum atomic E-state index is -0.357. The van der Waals surface area contributed by atoms with Gasteiger partial charge in [0.1, 0.15) is 11.5 Å². The van der Waals surface area contributed by atoms with E-state index in [1.807, 2.05) is 0 Å². The third-order valence-corrected chi connectivity index (χ3v) is 2.89. The number of halogens is 2. The van der Waals surface area contributed by atoms with Crippen molar-refractivity contribution >= 4 is 27.5 Å². The van der Waals surface area contributed by atoms with E-state index in [0.717, 1.165) is 4.47 Å². The molecule has 4 N–H and O–H groups in total. The zero-order valence-electron chi connectivity index (χ0n) is 9.34. The van der Waals surface area contributed by atoms with Crippen LogP contribution in [-0.2, 0) is 6.54 Å². The maximum atomic E-state index is 13.4. The van der Waals surface area contributed by atoms with Crippen LogP contribution in [0.4, 0.5) is 10.1 Å². The van der Waals surface area contributed by atoms with Crippen LogP contribution in [0.3, 0.4) is 0 Å². The first-order valence-corrected chi connectivity index (χ1v) is 6.01. The molecule has 2 rings (SSSR count). The number of nitrogens with two attached hydrogens (primary N) is 1. The SMILES string of the molecule is Nc1c[nH]c(C(=O)NCc2cc(Br)ccc2F)c1. The minimum absolute atomic E-state index is 0.114. The third kappa shape index (κ3) is 2.89. The molecule has 0 spiro atoms. The van der Waals surface area contributed by atoms with Crippen molar-refractivity contribution in [2.75, 3.05) is 5.73 Å². The fourth-order valence-corrected chi connectivity index (χ4v) is 1.90. The Morgan fingerprint density at radius 1 is 1.44 bits per heavy atom. The van der Waals surface area contributed by atoms with Crippen LogP contribution in [0.1, 0.15) is 16.1 Å². The lowest BCUT2D eigenvalue weighted by Gasteiger charge is -2.05. The molecule has 6 heteroatoms. The molecule has 4 nitrogen and oxygen atoms in total. The molecular weight excluding hydrogens is 301 g/mol. The first-order chi connectivity index (χ1) is 8.56. The van der Waals surface area contributed by atoms with Crippen molar-refractivity contribution in [3.8, 4) is 0 Å². The molecule has 1 aromatic heterocycles. The molecule has 1 amide bonds. The van der Waals surface area contributed by atoms with Crippen LogP contribution >= 0.6 is 15.9 Å². The van der Waals surface area contributed by atoms with E-state index in [9.17, 15) is 9.18 Å². The van der Waals surface area contributed by atoms with Crippen molar-refractivity contribution in [3.05, 3.63) is 52.0 Å². The van der Waals surface area contributed by atoms with Crippen LogP contribution in [-0.4, -0.2) is 10.9 Å². The summed E-state index contributed by atoms with van der Waals surface area (Å²) in [4.78, 5) is 14.4. The lowest BCUT2D eigenvalue weighted by molar-refractivity contribution is 0.0946. The molecule has 1 aromatic carbocycles. The number of carbonyl (C=O) groups is 1. The Hall–Kier alpha value is -1.82. The first kappa shape index (κ1) is 12.6. The van der Waals surface area contributed by atoms with Crippen molar-refractivity contribution < 1.29 is 9.18 Å². The number of hydrogen-bond acceptors (Lipinski definition) is 2. The smallest absolute Gasteiger partial charge is 0.268 e. The fraction of sp³-hybridized carbons (Fsp3) is 0.0833. The molecule has 0 saturated carbocycles. The van der Waals surface area contributed by atoms with Crippen LogP contribution in [0.25, 0.3) is 0 Å². The highest BCUT2D eigenvalue weighted by atomic mass is 79.9. The van der Waals surface area contributed by atoms with Crippen LogP contribution in [0.2, 0.25) is 0 Å². The van der Waals surface area contributed by atoms with Gasteiger partial charge in [-0.3, -0.25) is 4.79 Å². The Kier molecular flexibility index (Phi) is 3.66. The number of nitrogens with one attached hydrogen (secondary N) is 2. The number of hydrogen-bond donors (Lipinski definition) is 3. The predicted molar refractivity (Wildman–Crippen MR) is 70.5 cm³/mol. The van der Waals surface area contributed by atoms with Crippen molar-refractivity contribution in [2.24, 2.45) is 0 Å². The second-order valence-electron chi connectivity index (χ2n) is 3.77. The monoisotopic (exact) mass is 311 g/mol. The molecule has 0 fully saturated rings. The maximum Gasteiger partial charge on any atom is 0.268 e. The fourth-order valence-electron chi connectivity index (χ4n) is 1.49. The van der Waals surface area contributed by atoms with Crippen molar-refractivity contribution in [2.45, 2.75) is 6.54 Å². The molecule has 1 heterocycles. The second kappa shape index (κ2) is 5.22. The highest BCUT2D eigenvalue weighted by Gasteiger charge is 2.09. The normalized spacial score (nSPS) is 10.3. The quantitative estimate of drug-likeness (QED) is 0.814. The summed E-state index contributed by atoms with van der Waals surface area (Å²) in [6.07, 6.45) is 1.52. The summed E-state index contributed by atoms with van der Waals surface area (Å²) in [5.41, 5.74) is 6.73. The number of anilines is 1. The molecule has 0 radical (unpaired) electrons. The zero-order chi connectivity index (χ0) is 13.1. The van der Waals surface area contributed by atoms with E-state index in [0.29, 0.717) is 16.9 Å². The average Bonchev–Trinajstić information content (AvgIpc) is 2.77. The molecule has 0 atom stereocenters. The Morgan fingerprint density at radius 2 is 2.22 bits per heavy atom. The van der Waals surface area contributed by atoms with Crippen LogP contribution in [0.5, 0.6) is 0 Å². The molecule has 0 aliphatic heterocycles. The number of carbonyl (C=O) groups excluding carboxylic acids is 1. The molecule has 94 valence electrons. The van der Waals surface area contributed by atoms with Crippen molar-refractivity contribution in [1.82, 2.24) is 10.3 Å². The van der Waals surface area contributed by atoms with Gasteiger partial charge in [-0.05, 0) is 24.3 Å². The van der Waals surface area contributed by atoms with Gasteiger partial charge < -0.3 is 16.0 Å². The van der Waals surface area contributed by atoms with E-state index < -0.39 is 0 Å². The highest BCUT2D eigenvalue weighted by Crippen LogP contribution is 2.15. The van der Waals surface area contributed by atoms with Gasteiger partial charge in [0.25, 0.3) is 5.91 Å². The number of amides is 1. The van der Waals surface area contributed by atoms with Gasteiger partial charge in [0.15, 0.2) is 0 Å². The Labute approximate surface area is 112 Å². The van der Waals surface area contributed by atoms with Crippen molar-refractivity contribution in [3.63, 3.8) is 0 Å². The van der Waals surface area contributed by atoms with Gasteiger partial charge in [-0.2, -0.15) is 0 Å². The van der Waals surface area contributed by atoms with E-state index in [1.165, 1.54) is 18.3 Å². The molecule has 0 bridgehead atoms. The lowest BCUT2D eigenvalue weighted by Crippen LogP contribution is -2.23. The van der Waals surface area contributed by atoms with Gasteiger partial charge in [0.2, 0.25) is 0 Å². The second-order valence-corrected chi connectivity index (χ2v) is 4.68. The summed E-state index contributed by atoms with van der Waals surface area (Å²) in [7, 11) is 0. The third-order valence-electron chi connectivity index (χ3n) is 2.40. The average molecular weight is 312 g/mol. The van der Waals surface area contributed by atoms with E-state index >= 15 is 0 Å². The summed E-state index contributed by atoms with van der Waals surface area (Å²) >= 11 is 3.25. The highest BCUT2D eigenvalue weighted by molar-refractivity contribution is 9.10. The molecule has 18 heavy (non-hydrogen) atoms. The van der Waals surface area contributed by atoms with Crippen molar-refractivity contribution in [1.29, 1.82) is 0 Å². The van der Waals surface area contributed by atoms with Gasteiger partial charge in [-0.1, -0.05) is 15.9 Å². The summed E-state index contributed by atoms with van der Waals surface area (Å²) in [5, 5.41) is 2.61. The molecule has 0 unspecified atom stereocenters. The maximum absolute atomic E-state index is 13.4. The Morgan fingerprint density at radius 3 is 2.89 bits per heavy atom. The topological polar surface area (TPSA) is 70.9 Å². The number of aromatic nitrogens is 1. The predicted octanol–water partition coefficient (Wildman–Crippen LogP) is 2.43. The number of nitrogen functional groups attached to an aromatic ring is 1. The van der Waals surface area contributed by atoms with E-state index in [4.69, 9.17) is 5.73 Å². The first-order valence-electron chi connectivity index (χ1n) is 5.22. The van der Waals surface area contributed by atoms with Gasteiger partial charge in [-0.25, -0.2) is 4.39 Å². The molecule has 0 aliphatic rings. The summed E-state index contributed by atoms with van der Waals surface area (Å²) in [6.45, 7) is 0.114. The molecule has 0 aliphatic carbocycles. The number of benzene rings is 1. The van der Waals surface area contributed by atoms with Crippen LogP contribution in [0, 0.1) is 5.82 Å². The van der Waals surface area contributed by atoms with Gasteiger partial charge >= 0.3 is 0 Å². The van der Waals surface area contributed by atoms with Crippen LogP contribution in [0.15, 0.2) is 34.9 Å². The van der Waals surface area contributed by atoms with Gasteiger partial charge in [0, 0.05) is 28.5 Å². The number of aromatic amines is 1. The minimum Gasteiger partial charge on any atom is -0.397 e. The van der Waals surface area contributed by atoms with Crippen LogP contribution < -0.4 is 11.1 Å². The standard InChI is InChI=1S/C12H11BrFN3O/c13-8-1-2-10(14)7(3-8)5-17-12(18)11-4-9(15)6-16-11/h1-4,6,16H,5,15H2,(H,17,18). The lowest BCUT2D eigenvalue weighted by atomic mass is 10.2. The molecule has 0 saturated heterocycles. The van der Waals surface area contributed by atoms with E-state index in [1.54, 1.807) is 12.1 Å². The molecular formula is C12H11BrFN3O. The van der Waals surface area contributed by atoms with Gasteiger partial charge in [0.05, 0.1) is 0 Å². The summed E-state index contributed by atoms with van der Waals surface area (Å²) in [5.74, 6) is -0.685. The van der Waals surface area contributed by atoms with E-state index in [2.05, 4.69) is 26.2 Å². The zero-order valence-corrected chi connectivity index (χ0v) is 10.9.